The van der Waals surface area contributed by atoms with Crippen LogP contribution in [-0.2, 0) is 16.1 Å². The molecule has 0 bridgehead atoms. The van der Waals surface area contributed by atoms with E-state index in [0.29, 0.717) is 6.61 Å². The van der Waals surface area contributed by atoms with E-state index in [0.717, 1.165) is 10.5 Å². The van der Waals surface area contributed by atoms with Gasteiger partial charge in [0.2, 0.25) is 0 Å². The van der Waals surface area contributed by atoms with Gasteiger partial charge in [0.25, 0.3) is 0 Å². The predicted octanol–water partition coefficient (Wildman–Crippen LogP) is 2.01. The highest BCUT2D eigenvalue weighted by Crippen LogP contribution is 2.20. The average Bonchev–Trinajstić information content (AvgIpc) is 2.18. The SMILES string of the molecule is CSc1ccccc1COCC(=O)O. The van der Waals surface area contributed by atoms with Crippen LogP contribution in [0, 0.1) is 0 Å². The summed E-state index contributed by atoms with van der Waals surface area (Å²) in [7, 11) is 0. The van der Waals surface area contributed by atoms with E-state index in [-0.39, 0.29) is 6.61 Å². The predicted molar refractivity (Wildman–Crippen MR) is 55.5 cm³/mol. The fourth-order valence-electron chi connectivity index (χ4n) is 1.07. The topological polar surface area (TPSA) is 46.5 Å². The largest absolute Gasteiger partial charge is 0.480 e. The molecule has 0 atom stereocenters. The van der Waals surface area contributed by atoms with Crippen LogP contribution >= 0.6 is 11.8 Å². The Hall–Kier alpha value is -1.00. The molecule has 0 aliphatic heterocycles. The molecule has 76 valence electrons. The Kier molecular flexibility index (Phi) is 4.49. The Labute approximate surface area is 87.1 Å². The lowest BCUT2D eigenvalue weighted by Gasteiger charge is -2.06. The number of hydrogen-bond donors (Lipinski definition) is 1. The second-order valence-electron chi connectivity index (χ2n) is 2.70. The molecule has 0 saturated heterocycles. The Morgan fingerprint density at radius 2 is 2.21 bits per heavy atom. The summed E-state index contributed by atoms with van der Waals surface area (Å²) >= 11 is 1.63. The van der Waals surface area contributed by atoms with Crippen LogP contribution in [0.5, 0.6) is 0 Å². The number of ether oxygens (including phenoxy) is 1. The monoisotopic (exact) mass is 212 g/mol. The van der Waals surface area contributed by atoms with Gasteiger partial charge in [0.05, 0.1) is 6.61 Å². The van der Waals surface area contributed by atoms with Gasteiger partial charge in [-0.3, -0.25) is 0 Å². The summed E-state index contributed by atoms with van der Waals surface area (Å²) in [5.41, 5.74) is 1.03. The van der Waals surface area contributed by atoms with Crippen LogP contribution in [0.1, 0.15) is 5.56 Å². The summed E-state index contributed by atoms with van der Waals surface area (Å²) in [4.78, 5) is 11.3. The molecule has 0 spiro atoms. The molecule has 1 aromatic carbocycles. The van der Waals surface area contributed by atoms with Gasteiger partial charge in [-0.2, -0.15) is 0 Å². The molecule has 0 saturated carbocycles. The van der Waals surface area contributed by atoms with Gasteiger partial charge in [0.1, 0.15) is 6.61 Å². The number of hydrogen-bond acceptors (Lipinski definition) is 3. The van der Waals surface area contributed by atoms with Crippen molar-refractivity contribution in [3.05, 3.63) is 29.8 Å². The minimum atomic E-state index is -0.938. The smallest absolute Gasteiger partial charge is 0.329 e. The number of benzene rings is 1. The minimum absolute atomic E-state index is 0.247. The summed E-state index contributed by atoms with van der Waals surface area (Å²) in [6, 6.07) is 7.80. The maximum Gasteiger partial charge on any atom is 0.329 e. The molecule has 3 nitrogen and oxygen atoms in total. The number of carbonyl (C=O) groups is 1. The standard InChI is InChI=1S/C10H12O3S/c1-14-9-5-3-2-4-8(9)6-13-7-10(11)12/h2-5H,6-7H2,1H3,(H,11,12). The van der Waals surface area contributed by atoms with Gasteiger partial charge in [-0.25, -0.2) is 4.79 Å². The van der Waals surface area contributed by atoms with Crippen molar-refractivity contribution in [3.63, 3.8) is 0 Å². The summed E-state index contributed by atoms with van der Waals surface area (Å²) in [6.07, 6.45) is 1.98. The summed E-state index contributed by atoms with van der Waals surface area (Å²) in [5, 5.41) is 8.39. The van der Waals surface area contributed by atoms with Crippen molar-refractivity contribution in [1.29, 1.82) is 0 Å². The molecule has 0 radical (unpaired) electrons. The van der Waals surface area contributed by atoms with Gasteiger partial charge in [-0.05, 0) is 17.9 Å². The van der Waals surface area contributed by atoms with Crippen LogP contribution in [0.4, 0.5) is 0 Å². The van der Waals surface area contributed by atoms with Crippen LogP contribution in [0.2, 0.25) is 0 Å². The number of aliphatic carboxylic acids is 1. The van der Waals surface area contributed by atoms with Crippen molar-refractivity contribution in [2.75, 3.05) is 12.9 Å². The second-order valence-corrected chi connectivity index (χ2v) is 3.55. The lowest BCUT2D eigenvalue weighted by atomic mass is 10.2. The van der Waals surface area contributed by atoms with Crippen LogP contribution in [-0.4, -0.2) is 23.9 Å². The van der Waals surface area contributed by atoms with Gasteiger partial charge in [-0.1, -0.05) is 18.2 Å². The van der Waals surface area contributed by atoms with Crippen LogP contribution in [0.15, 0.2) is 29.2 Å². The quantitative estimate of drug-likeness (QED) is 0.758. The third kappa shape index (κ3) is 3.40. The van der Waals surface area contributed by atoms with E-state index in [1.54, 1.807) is 11.8 Å². The lowest BCUT2D eigenvalue weighted by molar-refractivity contribution is -0.142. The van der Waals surface area contributed by atoms with E-state index >= 15 is 0 Å². The molecule has 0 heterocycles. The normalized spacial score (nSPS) is 10.1. The zero-order chi connectivity index (χ0) is 10.4. The van der Waals surface area contributed by atoms with Gasteiger partial charge >= 0.3 is 5.97 Å². The molecule has 1 N–H and O–H groups in total. The van der Waals surface area contributed by atoms with E-state index in [1.807, 2.05) is 30.5 Å². The molecule has 1 rings (SSSR count). The van der Waals surface area contributed by atoms with Gasteiger partial charge in [-0.15, -0.1) is 11.8 Å². The maximum atomic E-state index is 10.2. The zero-order valence-corrected chi connectivity index (χ0v) is 8.71. The van der Waals surface area contributed by atoms with Gasteiger partial charge in [0, 0.05) is 4.90 Å². The van der Waals surface area contributed by atoms with Crippen molar-refractivity contribution in [2.45, 2.75) is 11.5 Å². The van der Waals surface area contributed by atoms with Gasteiger partial charge < -0.3 is 9.84 Å². The molecule has 0 aliphatic rings. The fraction of sp³-hybridized carbons (Fsp3) is 0.300. The first kappa shape index (κ1) is 11.1. The first-order chi connectivity index (χ1) is 6.74. The minimum Gasteiger partial charge on any atom is -0.480 e. The summed E-state index contributed by atoms with van der Waals surface area (Å²) < 4.78 is 5.01. The van der Waals surface area contributed by atoms with Crippen molar-refractivity contribution in [2.24, 2.45) is 0 Å². The molecule has 0 aliphatic carbocycles. The highest BCUT2D eigenvalue weighted by atomic mass is 32.2. The molecule has 14 heavy (non-hydrogen) atoms. The van der Waals surface area contributed by atoms with E-state index in [9.17, 15) is 4.79 Å². The Morgan fingerprint density at radius 3 is 2.86 bits per heavy atom. The van der Waals surface area contributed by atoms with E-state index in [4.69, 9.17) is 9.84 Å². The van der Waals surface area contributed by atoms with Crippen molar-refractivity contribution in [3.8, 4) is 0 Å². The molecule has 4 heteroatoms. The number of carboxylic acid groups (broad SMARTS) is 1. The zero-order valence-electron chi connectivity index (χ0n) is 7.90. The van der Waals surface area contributed by atoms with E-state index in [1.165, 1.54) is 0 Å². The summed E-state index contributed by atoms with van der Waals surface area (Å²) in [5.74, 6) is -0.938. The molecule has 0 aromatic heterocycles. The third-order valence-corrected chi connectivity index (χ3v) is 2.51. The summed E-state index contributed by atoms with van der Waals surface area (Å²) in [6.45, 7) is 0.103. The second kappa shape index (κ2) is 5.67. The molecular weight excluding hydrogens is 200 g/mol. The van der Waals surface area contributed by atoms with E-state index < -0.39 is 5.97 Å². The van der Waals surface area contributed by atoms with E-state index in [2.05, 4.69) is 0 Å². The first-order valence-corrected chi connectivity index (χ1v) is 5.38. The molecular formula is C10H12O3S. The number of carboxylic acids is 1. The maximum absolute atomic E-state index is 10.2. The van der Waals surface area contributed by atoms with Crippen LogP contribution in [0.3, 0.4) is 0 Å². The third-order valence-electron chi connectivity index (χ3n) is 1.68. The Morgan fingerprint density at radius 1 is 1.50 bits per heavy atom. The Balaban J connectivity index is 2.53. The highest BCUT2D eigenvalue weighted by Gasteiger charge is 2.01. The first-order valence-electron chi connectivity index (χ1n) is 4.15. The van der Waals surface area contributed by atoms with Crippen LogP contribution < -0.4 is 0 Å². The molecule has 0 amide bonds. The highest BCUT2D eigenvalue weighted by molar-refractivity contribution is 7.98. The van der Waals surface area contributed by atoms with Crippen molar-refractivity contribution in [1.82, 2.24) is 0 Å². The lowest BCUT2D eigenvalue weighted by Crippen LogP contribution is -2.06. The van der Waals surface area contributed by atoms with Gasteiger partial charge in [0.15, 0.2) is 0 Å². The molecule has 0 unspecified atom stereocenters. The number of thioether (sulfide) groups is 1. The Bertz CT molecular complexity index is 312. The molecule has 1 aromatic rings. The average molecular weight is 212 g/mol. The molecule has 0 fully saturated rings. The van der Waals surface area contributed by atoms with Crippen molar-refractivity contribution >= 4 is 17.7 Å². The van der Waals surface area contributed by atoms with Crippen molar-refractivity contribution < 1.29 is 14.6 Å². The van der Waals surface area contributed by atoms with Crippen LogP contribution in [0.25, 0.3) is 0 Å². The fourth-order valence-corrected chi connectivity index (χ4v) is 1.67. The number of rotatable bonds is 5.